The van der Waals surface area contributed by atoms with Crippen LogP contribution in [0, 0.1) is 18.8 Å². The second-order valence-electron chi connectivity index (χ2n) is 9.47. The number of amidine groups is 1. The normalized spacial score (nSPS) is 22.5. The van der Waals surface area contributed by atoms with Crippen LogP contribution in [0.1, 0.15) is 51.4 Å². The van der Waals surface area contributed by atoms with Crippen LogP contribution < -0.4 is 0 Å². The minimum atomic E-state index is 0.528. The predicted octanol–water partition coefficient (Wildman–Crippen LogP) is 6.96. The fourth-order valence-corrected chi connectivity index (χ4v) is 5.31. The summed E-state index contributed by atoms with van der Waals surface area (Å²) >= 11 is 6.45. The highest BCUT2D eigenvalue weighted by Gasteiger charge is 2.29. The van der Waals surface area contributed by atoms with E-state index in [-0.39, 0.29) is 0 Å². The smallest absolute Gasteiger partial charge is 0.140 e. The van der Waals surface area contributed by atoms with Gasteiger partial charge in [-0.05, 0) is 79.9 Å². The van der Waals surface area contributed by atoms with Gasteiger partial charge in [-0.1, -0.05) is 44.5 Å². The Morgan fingerprint density at radius 1 is 1.12 bits per heavy atom. The lowest BCUT2D eigenvalue weighted by Crippen LogP contribution is -2.35. The fraction of sp³-hybridized carbons (Fsp3) is 0.393. The lowest BCUT2D eigenvalue weighted by Gasteiger charge is -2.34. The standard InChI is InChI=1S/C28H31ClN4/c1-5-20-16-33-14-13-22-19(4)17(2)7-6-8-23(22)28(33)32-25(20)11-9-21-10-12-26-27(31-21)24(29)15-18(3)30-26/h6,8,10,12-15,17,19H,5,7,9,11,16H2,1-4H3. The van der Waals surface area contributed by atoms with Gasteiger partial charge in [0.25, 0.3) is 0 Å². The monoisotopic (exact) mass is 458 g/mol. The first-order chi connectivity index (χ1) is 15.9. The van der Waals surface area contributed by atoms with Crippen molar-refractivity contribution in [1.29, 1.82) is 0 Å². The summed E-state index contributed by atoms with van der Waals surface area (Å²) < 4.78 is 0. The average Bonchev–Trinajstić information content (AvgIpc) is 2.95. The van der Waals surface area contributed by atoms with Gasteiger partial charge in [0.15, 0.2) is 0 Å². The first kappa shape index (κ1) is 22.1. The third kappa shape index (κ3) is 4.17. The first-order valence-electron chi connectivity index (χ1n) is 12.0. The number of pyridine rings is 2. The van der Waals surface area contributed by atoms with Crippen LogP contribution in [0.2, 0.25) is 5.02 Å². The molecule has 5 rings (SSSR count). The molecule has 0 bridgehead atoms. The number of aryl methyl sites for hydroxylation is 2. The van der Waals surface area contributed by atoms with E-state index < -0.39 is 0 Å². The van der Waals surface area contributed by atoms with Gasteiger partial charge in [0, 0.05) is 35.4 Å². The van der Waals surface area contributed by atoms with Gasteiger partial charge in [-0.25, -0.2) is 9.98 Å². The summed E-state index contributed by atoms with van der Waals surface area (Å²) in [6.07, 6.45) is 13.0. The van der Waals surface area contributed by atoms with Crippen molar-refractivity contribution in [2.45, 2.75) is 53.4 Å². The lowest BCUT2D eigenvalue weighted by molar-refractivity contribution is 0.450. The molecule has 3 aliphatic rings. The largest absolute Gasteiger partial charge is 0.328 e. The van der Waals surface area contributed by atoms with Crippen LogP contribution in [0.5, 0.6) is 0 Å². The van der Waals surface area contributed by atoms with Gasteiger partial charge >= 0.3 is 0 Å². The van der Waals surface area contributed by atoms with E-state index in [1.165, 1.54) is 22.4 Å². The van der Waals surface area contributed by atoms with Crippen molar-refractivity contribution in [3.8, 4) is 0 Å². The summed E-state index contributed by atoms with van der Waals surface area (Å²) in [5.74, 6) is 2.27. The molecule has 0 spiro atoms. The zero-order valence-electron chi connectivity index (χ0n) is 19.9. The maximum Gasteiger partial charge on any atom is 0.140 e. The number of rotatable bonds is 4. The van der Waals surface area contributed by atoms with Crippen LogP contribution in [0.4, 0.5) is 0 Å². The minimum absolute atomic E-state index is 0.528. The Morgan fingerprint density at radius 2 is 1.97 bits per heavy atom. The van der Waals surface area contributed by atoms with Gasteiger partial charge in [0.05, 0.1) is 10.5 Å². The highest BCUT2D eigenvalue weighted by molar-refractivity contribution is 6.34. The molecule has 0 N–H and O–H groups in total. The van der Waals surface area contributed by atoms with Crippen molar-refractivity contribution in [3.63, 3.8) is 0 Å². The van der Waals surface area contributed by atoms with Gasteiger partial charge in [-0.3, -0.25) is 4.98 Å². The summed E-state index contributed by atoms with van der Waals surface area (Å²) in [5.41, 5.74) is 8.89. The Labute approximate surface area is 201 Å². The van der Waals surface area contributed by atoms with Gasteiger partial charge in [-0.15, -0.1) is 0 Å². The van der Waals surface area contributed by atoms with E-state index in [4.69, 9.17) is 21.6 Å². The van der Waals surface area contributed by atoms with Crippen LogP contribution >= 0.6 is 11.6 Å². The number of halogens is 1. The topological polar surface area (TPSA) is 41.4 Å². The molecule has 0 radical (unpaired) electrons. The Kier molecular flexibility index (Phi) is 5.96. The molecule has 0 saturated carbocycles. The summed E-state index contributed by atoms with van der Waals surface area (Å²) in [6, 6.07) is 5.98. The number of hydrogen-bond donors (Lipinski definition) is 0. The minimum Gasteiger partial charge on any atom is -0.328 e. The summed E-state index contributed by atoms with van der Waals surface area (Å²) in [7, 11) is 0. The molecular formula is C28H31ClN4. The van der Waals surface area contributed by atoms with Crippen LogP contribution in [-0.4, -0.2) is 27.2 Å². The van der Waals surface area contributed by atoms with Crippen LogP contribution in [-0.2, 0) is 6.42 Å². The van der Waals surface area contributed by atoms with Gasteiger partial charge in [0.2, 0.25) is 0 Å². The van der Waals surface area contributed by atoms with E-state index in [0.29, 0.717) is 16.9 Å². The van der Waals surface area contributed by atoms with Crippen molar-refractivity contribution >= 4 is 28.5 Å². The molecule has 0 aromatic carbocycles. The Hall–Kier alpha value is -2.72. The molecule has 0 saturated heterocycles. The van der Waals surface area contributed by atoms with E-state index in [1.54, 1.807) is 0 Å². The van der Waals surface area contributed by atoms with Crippen molar-refractivity contribution in [2.24, 2.45) is 16.8 Å². The van der Waals surface area contributed by atoms with E-state index in [0.717, 1.165) is 60.5 Å². The zero-order chi connectivity index (χ0) is 23.1. The number of allylic oxidation sites excluding steroid dienone is 4. The van der Waals surface area contributed by atoms with E-state index in [2.05, 4.69) is 61.1 Å². The summed E-state index contributed by atoms with van der Waals surface area (Å²) in [4.78, 5) is 16.9. The number of hydrogen-bond acceptors (Lipinski definition) is 4. The number of aliphatic imine (C=N–C) groups is 1. The Balaban J connectivity index is 1.45. The molecule has 33 heavy (non-hydrogen) atoms. The summed E-state index contributed by atoms with van der Waals surface area (Å²) in [6.45, 7) is 9.78. The number of aromatic nitrogens is 2. The number of nitrogens with zero attached hydrogens (tertiary/aromatic N) is 4. The molecule has 170 valence electrons. The Morgan fingerprint density at radius 3 is 2.79 bits per heavy atom. The number of fused-ring (bicyclic) bond motifs is 3. The van der Waals surface area contributed by atoms with Gasteiger partial charge < -0.3 is 4.90 Å². The third-order valence-electron chi connectivity index (χ3n) is 7.24. The van der Waals surface area contributed by atoms with Gasteiger partial charge in [0.1, 0.15) is 11.4 Å². The molecule has 4 heterocycles. The molecule has 5 heteroatoms. The molecule has 2 aromatic heterocycles. The highest BCUT2D eigenvalue weighted by atomic mass is 35.5. The van der Waals surface area contributed by atoms with Crippen molar-refractivity contribution in [3.05, 3.63) is 81.5 Å². The van der Waals surface area contributed by atoms with Gasteiger partial charge in [-0.2, -0.15) is 0 Å². The highest BCUT2D eigenvalue weighted by Crippen LogP contribution is 2.36. The van der Waals surface area contributed by atoms with E-state index >= 15 is 0 Å². The molecule has 1 aliphatic carbocycles. The second-order valence-corrected chi connectivity index (χ2v) is 9.88. The quantitative estimate of drug-likeness (QED) is 0.497. The predicted molar refractivity (Wildman–Crippen MR) is 137 cm³/mol. The molecule has 4 nitrogen and oxygen atoms in total. The zero-order valence-corrected chi connectivity index (χ0v) is 20.7. The third-order valence-corrected chi connectivity index (χ3v) is 7.53. The molecule has 0 fully saturated rings. The molecular weight excluding hydrogens is 428 g/mol. The molecule has 2 atom stereocenters. The summed E-state index contributed by atoms with van der Waals surface area (Å²) in [5, 5.41) is 0.665. The fourth-order valence-electron chi connectivity index (χ4n) is 5.02. The maximum absolute atomic E-state index is 6.45. The Bertz CT molecular complexity index is 1260. The van der Waals surface area contributed by atoms with E-state index in [1.807, 2.05) is 19.1 Å². The van der Waals surface area contributed by atoms with E-state index in [9.17, 15) is 0 Å². The van der Waals surface area contributed by atoms with Crippen LogP contribution in [0.15, 0.2) is 70.0 Å². The van der Waals surface area contributed by atoms with Crippen molar-refractivity contribution in [1.82, 2.24) is 14.9 Å². The second kappa shape index (κ2) is 8.90. The molecule has 2 unspecified atom stereocenters. The molecule has 2 aliphatic heterocycles. The van der Waals surface area contributed by atoms with Crippen molar-refractivity contribution in [2.75, 3.05) is 6.54 Å². The van der Waals surface area contributed by atoms with Crippen LogP contribution in [0.3, 0.4) is 0 Å². The van der Waals surface area contributed by atoms with Crippen LogP contribution in [0.25, 0.3) is 11.0 Å². The first-order valence-corrected chi connectivity index (χ1v) is 12.4. The molecule has 0 amide bonds. The lowest BCUT2D eigenvalue weighted by atomic mass is 9.84. The maximum atomic E-state index is 6.45. The van der Waals surface area contributed by atoms with Crippen molar-refractivity contribution < 1.29 is 0 Å². The average molecular weight is 459 g/mol. The SMILES string of the molecule is CCC1=C(CCc2ccc3nc(C)cc(Cl)c3n2)N=C2C3=C(C=CN2C1)C(C)C(C)CC=C3. The molecule has 2 aromatic rings.